The monoisotopic (exact) mass is 294 g/mol. The highest BCUT2D eigenvalue weighted by Crippen LogP contribution is 2.47. The number of fused-ring (bicyclic) bond motifs is 1. The van der Waals surface area contributed by atoms with Gasteiger partial charge in [0.2, 0.25) is 0 Å². The SMILES string of the molecule is O=C(O)C1(c2cc(Br)cc3c2CCC3)CCC1. The molecule has 3 heteroatoms. The van der Waals surface area contributed by atoms with Crippen LogP contribution >= 0.6 is 15.9 Å². The van der Waals surface area contributed by atoms with Gasteiger partial charge in [0, 0.05) is 4.47 Å². The summed E-state index contributed by atoms with van der Waals surface area (Å²) in [4.78, 5) is 11.6. The Morgan fingerprint density at radius 3 is 2.59 bits per heavy atom. The van der Waals surface area contributed by atoms with Crippen LogP contribution in [0.3, 0.4) is 0 Å². The Balaban J connectivity index is 2.17. The number of hydrogen-bond acceptors (Lipinski definition) is 1. The van der Waals surface area contributed by atoms with Gasteiger partial charge >= 0.3 is 5.97 Å². The first-order valence-electron chi connectivity index (χ1n) is 6.19. The molecule has 0 heterocycles. The molecule has 1 N–H and O–H groups in total. The van der Waals surface area contributed by atoms with Crippen LogP contribution in [0.15, 0.2) is 16.6 Å². The van der Waals surface area contributed by atoms with Gasteiger partial charge in [-0.3, -0.25) is 4.79 Å². The fourth-order valence-electron chi connectivity index (χ4n) is 3.22. The van der Waals surface area contributed by atoms with E-state index in [-0.39, 0.29) is 0 Å². The Morgan fingerprint density at radius 1 is 1.24 bits per heavy atom. The molecule has 0 bridgehead atoms. The van der Waals surface area contributed by atoms with Gasteiger partial charge in [0.1, 0.15) is 0 Å². The Bertz CT molecular complexity index is 489. The molecule has 90 valence electrons. The van der Waals surface area contributed by atoms with E-state index in [1.165, 1.54) is 11.1 Å². The number of hydrogen-bond donors (Lipinski definition) is 1. The molecule has 0 unspecified atom stereocenters. The summed E-state index contributed by atoms with van der Waals surface area (Å²) in [7, 11) is 0. The highest BCUT2D eigenvalue weighted by Gasteiger charge is 2.47. The van der Waals surface area contributed by atoms with Crippen molar-refractivity contribution in [3.8, 4) is 0 Å². The minimum atomic E-state index is -0.643. The van der Waals surface area contributed by atoms with Crippen LogP contribution in [-0.4, -0.2) is 11.1 Å². The molecule has 2 aliphatic carbocycles. The molecule has 2 aliphatic rings. The van der Waals surface area contributed by atoms with Gasteiger partial charge in [-0.25, -0.2) is 0 Å². The van der Waals surface area contributed by atoms with Crippen molar-refractivity contribution in [3.63, 3.8) is 0 Å². The largest absolute Gasteiger partial charge is 0.481 e. The fraction of sp³-hybridized carbons (Fsp3) is 0.500. The Morgan fingerprint density at radius 2 is 2.00 bits per heavy atom. The van der Waals surface area contributed by atoms with Gasteiger partial charge in [-0.05, 0) is 60.9 Å². The summed E-state index contributed by atoms with van der Waals surface area (Å²) in [6.45, 7) is 0. The lowest BCUT2D eigenvalue weighted by Crippen LogP contribution is -2.43. The second-order valence-corrected chi connectivity index (χ2v) is 6.10. The average molecular weight is 295 g/mol. The lowest BCUT2D eigenvalue weighted by molar-refractivity contribution is -0.147. The van der Waals surface area contributed by atoms with Gasteiger partial charge in [-0.15, -0.1) is 0 Å². The van der Waals surface area contributed by atoms with Crippen molar-refractivity contribution in [2.24, 2.45) is 0 Å². The van der Waals surface area contributed by atoms with Crippen molar-refractivity contribution in [2.45, 2.75) is 43.9 Å². The Kier molecular flexibility index (Phi) is 2.54. The third-order valence-electron chi connectivity index (χ3n) is 4.31. The van der Waals surface area contributed by atoms with E-state index in [2.05, 4.69) is 22.0 Å². The van der Waals surface area contributed by atoms with Crippen molar-refractivity contribution < 1.29 is 9.90 Å². The second-order valence-electron chi connectivity index (χ2n) is 5.19. The summed E-state index contributed by atoms with van der Waals surface area (Å²) < 4.78 is 1.03. The maximum atomic E-state index is 11.6. The minimum Gasteiger partial charge on any atom is -0.481 e. The third kappa shape index (κ3) is 1.55. The number of carbonyl (C=O) groups is 1. The van der Waals surface area contributed by atoms with Gasteiger partial charge in [-0.2, -0.15) is 0 Å². The first-order valence-corrected chi connectivity index (χ1v) is 6.98. The topological polar surface area (TPSA) is 37.3 Å². The van der Waals surface area contributed by atoms with Crippen LogP contribution in [0.25, 0.3) is 0 Å². The van der Waals surface area contributed by atoms with E-state index in [1.807, 2.05) is 6.07 Å². The maximum absolute atomic E-state index is 11.6. The maximum Gasteiger partial charge on any atom is 0.314 e. The highest BCUT2D eigenvalue weighted by atomic mass is 79.9. The van der Waals surface area contributed by atoms with Crippen LogP contribution in [0, 0.1) is 0 Å². The van der Waals surface area contributed by atoms with E-state index in [0.717, 1.165) is 48.6 Å². The zero-order chi connectivity index (χ0) is 12.0. The number of benzene rings is 1. The van der Waals surface area contributed by atoms with Gasteiger partial charge in [0.15, 0.2) is 0 Å². The lowest BCUT2D eigenvalue weighted by atomic mass is 9.63. The molecule has 0 radical (unpaired) electrons. The van der Waals surface area contributed by atoms with E-state index in [9.17, 15) is 9.90 Å². The molecule has 2 nitrogen and oxygen atoms in total. The van der Waals surface area contributed by atoms with Gasteiger partial charge in [-0.1, -0.05) is 22.4 Å². The molecule has 17 heavy (non-hydrogen) atoms. The standard InChI is InChI=1S/C14H15BrO2/c15-10-7-9-3-1-4-11(9)12(8-10)14(13(16)17)5-2-6-14/h7-8H,1-6H2,(H,16,17). The lowest BCUT2D eigenvalue weighted by Gasteiger charge is -2.39. The summed E-state index contributed by atoms with van der Waals surface area (Å²) in [6, 6.07) is 4.19. The zero-order valence-electron chi connectivity index (χ0n) is 9.63. The van der Waals surface area contributed by atoms with E-state index < -0.39 is 11.4 Å². The molecular formula is C14H15BrO2. The van der Waals surface area contributed by atoms with Crippen LogP contribution in [0.1, 0.15) is 42.4 Å². The molecule has 1 fully saturated rings. The van der Waals surface area contributed by atoms with E-state index in [1.54, 1.807) is 0 Å². The molecule has 0 aromatic heterocycles. The van der Waals surface area contributed by atoms with Gasteiger partial charge < -0.3 is 5.11 Å². The van der Waals surface area contributed by atoms with Crippen LogP contribution < -0.4 is 0 Å². The summed E-state index contributed by atoms with van der Waals surface area (Å²) >= 11 is 3.52. The predicted molar refractivity (Wildman–Crippen MR) is 69.3 cm³/mol. The first kappa shape index (κ1) is 11.3. The molecular weight excluding hydrogens is 280 g/mol. The van der Waals surface area contributed by atoms with Crippen LogP contribution in [-0.2, 0) is 23.1 Å². The van der Waals surface area contributed by atoms with Crippen molar-refractivity contribution >= 4 is 21.9 Å². The number of carboxylic acid groups (broad SMARTS) is 1. The van der Waals surface area contributed by atoms with E-state index in [4.69, 9.17) is 0 Å². The quantitative estimate of drug-likeness (QED) is 0.907. The van der Waals surface area contributed by atoms with Gasteiger partial charge in [0.25, 0.3) is 0 Å². The third-order valence-corrected chi connectivity index (χ3v) is 4.77. The molecule has 0 spiro atoms. The molecule has 0 aliphatic heterocycles. The second kappa shape index (κ2) is 3.84. The molecule has 1 saturated carbocycles. The van der Waals surface area contributed by atoms with E-state index >= 15 is 0 Å². The first-order chi connectivity index (χ1) is 8.13. The Hall–Kier alpha value is -0.830. The summed E-state index contributed by atoms with van der Waals surface area (Å²) in [5.41, 5.74) is 3.16. The van der Waals surface area contributed by atoms with Crippen LogP contribution in [0.4, 0.5) is 0 Å². The highest BCUT2D eigenvalue weighted by molar-refractivity contribution is 9.10. The summed E-state index contributed by atoms with van der Waals surface area (Å²) in [5, 5.41) is 9.54. The molecule has 0 saturated heterocycles. The molecule has 1 aromatic rings. The number of carboxylic acids is 1. The van der Waals surface area contributed by atoms with Crippen molar-refractivity contribution in [1.29, 1.82) is 0 Å². The normalized spacial score (nSPS) is 20.8. The number of rotatable bonds is 2. The molecule has 0 amide bonds. The fourth-order valence-corrected chi connectivity index (χ4v) is 3.73. The number of aryl methyl sites for hydroxylation is 1. The smallest absolute Gasteiger partial charge is 0.314 e. The van der Waals surface area contributed by atoms with Crippen molar-refractivity contribution in [2.75, 3.05) is 0 Å². The molecule has 1 aromatic carbocycles. The van der Waals surface area contributed by atoms with Crippen LogP contribution in [0.5, 0.6) is 0 Å². The van der Waals surface area contributed by atoms with Crippen molar-refractivity contribution in [1.82, 2.24) is 0 Å². The number of halogens is 1. The zero-order valence-corrected chi connectivity index (χ0v) is 11.2. The predicted octanol–water partition coefficient (Wildman–Crippen LogP) is 3.44. The Labute approximate surface area is 109 Å². The van der Waals surface area contributed by atoms with E-state index in [0.29, 0.717) is 0 Å². The summed E-state index contributed by atoms with van der Waals surface area (Å²) in [6.07, 6.45) is 5.93. The van der Waals surface area contributed by atoms with Gasteiger partial charge in [0.05, 0.1) is 5.41 Å². The summed E-state index contributed by atoms with van der Waals surface area (Å²) in [5.74, 6) is -0.643. The average Bonchev–Trinajstić information content (AvgIpc) is 2.62. The van der Waals surface area contributed by atoms with Crippen molar-refractivity contribution in [3.05, 3.63) is 33.3 Å². The minimum absolute atomic E-state index is 0.585. The number of aliphatic carboxylic acids is 1. The molecule has 0 atom stereocenters. The van der Waals surface area contributed by atoms with Crippen LogP contribution in [0.2, 0.25) is 0 Å². The molecule has 3 rings (SSSR count).